The summed E-state index contributed by atoms with van der Waals surface area (Å²) in [6.45, 7) is 2.43. The van der Waals surface area contributed by atoms with Gasteiger partial charge in [-0.05, 0) is 86.0 Å². The highest BCUT2D eigenvalue weighted by atomic mass is 19.1. The van der Waals surface area contributed by atoms with Gasteiger partial charge in [-0.3, -0.25) is 19.4 Å². The average Bonchev–Trinajstić information content (AvgIpc) is 3.02. The highest BCUT2D eigenvalue weighted by Gasteiger charge is 2.30. The number of carbonyl (C=O) groups excluding carboxylic acids is 2. The first-order chi connectivity index (χ1) is 20.4. The third-order valence-electron chi connectivity index (χ3n) is 7.92. The Hall–Kier alpha value is -3.79. The number of carboxylic acids is 1. The van der Waals surface area contributed by atoms with Crippen molar-refractivity contribution < 1.29 is 28.6 Å². The monoisotopic (exact) mass is 580 g/mol. The Labute approximate surface area is 246 Å². The number of carboxylic acid groups (broad SMARTS) is 1. The van der Waals surface area contributed by atoms with E-state index in [9.17, 15) is 23.9 Å². The quantitative estimate of drug-likeness (QED) is 0.324. The number of aliphatic carboxylic acids is 1. The van der Waals surface area contributed by atoms with Crippen LogP contribution >= 0.6 is 0 Å². The van der Waals surface area contributed by atoms with Crippen molar-refractivity contribution in [3.63, 3.8) is 0 Å². The van der Waals surface area contributed by atoms with Crippen LogP contribution in [0.2, 0.25) is 0 Å². The number of likely N-dealkylation sites (tertiary alicyclic amines) is 1. The molecule has 10 heteroatoms. The van der Waals surface area contributed by atoms with Gasteiger partial charge in [0, 0.05) is 31.9 Å². The molecule has 3 heterocycles. The lowest BCUT2D eigenvalue weighted by Gasteiger charge is -2.33. The first kappa shape index (κ1) is 31.2. The molecule has 2 aliphatic rings. The van der Waals surface area contributed by atoms with Crippen LogP contribution in [0.25, 0.3) is 12.2 Å². The fourth-order valence-corrected chi connectivity index (χ4v) is 5.61. The zero-order valence-electron chi connectivity index (χ0n) is 24.0. The molecule has 1 aromatic carbocycles. The van der Waals surface area contributed by atoms with Gasteiger partial charge in [-0.2, -0.15) is 0 Å². The minimum atomic E-state index is -1.04. The molecular weight excluding hydrogens is 539 g/mol. The summed E-state index contributed by atoms with van der Waals surface area (Å²) in [6, 6.07) is 8.29. The second-order valence-electron chi connectivity index (χ2n) is 11.1. The Bertz CT molecular complexity index is 1230. The van der Waals surface area contributed by atoms with Gasteiger partial charge in [0.1, 0.15) is 19.0 Å². The molecule has 2 atom stereocenters. The van der Waals surface area contributed by atoms with Crippen molar-refractivity contribution in [2.24, 2.45) is 11.8 Å². The Morgan fingerprint density at radius 3 is 2.74 bits per heavy atom. The lowest BCUT2D eigenvalue weighted by Crippen LogP contribution is -2.46. The number of aromatic nitrogens is 1. The third-order valence-corrected chi connectivity index (χ3v) is 7.92. The maximum atomic E-state index is 13.3. The van der Waals surface area contributed by atoms with Gasteiger partial charge in [-0.25, -0.2) is 4.39 Å². The summed E-state index contributed by atoms with van der Waals surface area (Å²) in [5.41, 5.74) is 2.16. The van der Waals surface area contributed by atoms with Gasteiger partial charge >= 0.3 is 5.97 Å². The Morgan fingerprint density at radius 1 is 1.14 bits per heavy atom. The van der Waals surface area contributed by atoms with Gasteiger partial charge in [0.05, 0.1) is 18.4 Å². The SMILES string of the molecule is O=C(O)CC(NC(=O)C1CCCN(C(=O)CCC2CCNCC2)C1)c1cncc(/C=C/c2cccc(OCCF)c2)c1. The number of pyridine rings is 1. The summed E-state index contributed by atoms with van der Waals surface area (Å²) in [6.07, 6.45) is 11.6. The zero-order valence-corrected chi connectivity index (χ0v) is 24.0. The van der Waals surface area contributed by atoms with E-state index in [-0.39, 0.29) is 30.8 Å². The number of alkyl halides is 1. The molecule has 0 bridgehead atoms. The van der Waals surface area contributed by atoms with Crippen LogP contribution < -0.4 is 15.4 Å². The van der Waals surface area contributed by atoms with Crippen molar-refractivity contribution >= 4 is 29.9 Å². The lowest BCUT2D eigenvalue weighted by molar-refractivity contribution is -0.138. The average molecular weight is 581 g/mol. The van der Waals surface area contributed by atoms with Crippen LogP contribution in [0.1, 0.15) is 67.7 Å². The normalized spacial score (nSPS) is 18.5. The molecule has 2 aliphatic heterocycles. The predicted octanol–water partition coefficient (Wildman–Crippen LogP) is 4.25. The van der Waals surface area contributed by atoms with E-state index >= 15 is 0 Å². The molecule has 3 N–H and O–H groups in total. The molecule has 2 saturated heterocycles. The van der Waals surface area contributed by atoms with E-state index < -0.39 is 18.7 Å². The smallest absolute Gasteiger partial charge is 0.305 e. The molecule has 9 nitrogen and oxygen atoms in total. The summed E-state index contributed by atoms with van der Waals surface area (Å²) in [5, 5.41) is 15.9. The Balaban J connectivity index is 1.37. The minimum absolute atomic E-state index is 0.0104. The van der Waals surface area contributed by atoms with Crippen molar-refractivity contribution in [3.8, 4) is 5.75 Å². The van der Waals surface area contributed by atoms with Gasteiger partial charge in [0.15, 0.2) is 0 Å². The second kappa shape index (κ2) is 16.0. The molecule has 0 spiro atoms. The number of carbonyl (C=O) groups is 3. The highest BCUT2D eigenvalue weighted by Crippen LogP contribution is 2.24. The van der Waals surface area contributed by atoms with Crippen LogP contribution in [0, 0.1) is 11.8 Å². The van der Waals surface area contributed by atoms with Crippen molar-refractivity contribution in [1.29, 1.82) is 0 Å². The van der Waals surface area contributed by atoms with E-state index in [4.69, 9.17) is 4.74 Å². The van der Waals surface area contributed by atoms with Gasteiger partial charge in [0.2, 0.25) is 11.8 Å². The van der Waals surface area contributed by atoms with Crippen molar-refractivity contribution in [3.05, 3.63) is 59.4 Å². The molecule has 0 radical (unpaired) electrons. The summed E-state index contributed by atoms with van der Waals surface area (Å²) in [7, 11) is 0. The predicted molar refractivity (Wildman–Crippen MR) is 158 cm³/mol. The fraction of sp³-hybridized carbons (Fsp3) is 0.500. The van der Waals surface area contributed by atoms with Gasteiger partial charge < -0.3 is 25.4 Å². The molecular formula is C32H41FN4O5. The minimum Gasteiger partial charge on any atom is -0.491 e. The van der Waals surface area contributed by atoms with Crippen molar-refractivity contribution in [2.45, 2.75) is 51.0 Å². The van der Waals surface area contributed by atoms with E-state index in [2.05, 4.69) is 15.6 Å². The molecule has 0 aliphatic carbocycles. The van der Waals surface area contributed by atoms with Crippen LogP contribution in [0.3, 0.4) is 0 Å². The number of halogens is 1. The molecule has 42 heavy (non-hydrogen) atoms. The number of nitrogens with one attached hydrogen (secondary N) is 2. The number of rotatable bonds is 13. The molecule has 2 fully saturated rings. The van der Waals surface area contributed by atoms with Gasteiger partial charge in [0.25, 0.3) is 0 Å². The standard InChI is InChI=1S/C32H41FN4O5/c33-12-16-42-28-5-1-3-24(18-28)6-7-25-17-27(21-35-20-25)29(19-31(39)40)36-32(41)26-4-2-15-37(22-26)30(38)9-8-23-10-13-34-14-11-23/h1,3,5-7,17-18,20-21,23,26,29,34H,2,4,8-16,19,22H2,(H,36,41)(H,39,40)/b7-6+. The summed E-state index contributed by atoms with van der Waals surface area (Å²) in [4.78, 5) is 44.0. The summed E-state index contributed by atoms with van der Waals surface area (Å²) >= 11 is 0. The van der Waals surface area contributed by atoms with Crippen LogP contribution in [0.15, 0.2) is 42.7 Å². The Kier molecular flexibility index (Phi) is 11.9. The largest absolute Gasteiger partial charge is 0.491 e. The molecule has 0 saturated carbocycles. The molecule has 1 aromatic heterocycles. The number of nitrogens with zero attached hydrogens (tertiary/aromatic N) is 2. The second-order valence-corrected chi connectivity index (χ2v) is 11.1. The lowest BCUT2D eigenvalue weighted by atomic mass is 9.92. The molecule has 2 aromatic rings. The van der Waals surface area contributed by atoms with Crippen LogP contribution in [-0.2, 0) is 14.4 Å². The highest BCUT2D eigenvalue weighted by molar-refractivity contribution is 5.82. The summed E-state index contributed by atoms with van der Waals surface area (Å²) < 4.78 is 17.8. The van der Waals surface area contributed by atoms with E-state index in [1.54, 1.807) is 35.5 Å². The molecule has 2 amide bonds. The fourth-order valence-electron chi connectivity index (χ4n) is 5.61. The molecule has 226 valence electrons. The number of piperidine rings is 2. The summed E-state index contributed by atoms with van der Waals surface area (Å²) in [5.74, 6) is -0.442. The molecule has 2 unspecified atom stereocenters. The maximum absolute atomic E-state index is 13.3. The van der Waals surface area contributed by atoms with E-state index in [1.165, 1.54) is 0 Å². The number of hydrogen-bond donors (Lipinski definition) is 3. The first-order valence-electron chi connectivity index (χ1n) is 14.8. The number of benzene rings is 1. The number of hydrogen-bond acceptors (Lipinski definition) is 6. The Morgan fingerprint density at radius 2 is 1.95 bits per heavy atom. The number of ether oxygens (including phenoxy) is 1. The van der Waals surface area contributed by atoms with Gasteiger partial charge in [-0.15, -0.1) is 0 Å². The molecule has 4 rings (SSSR count). The van der Waals surface area contributed by atoms with E-state index in [0.29, 0.717) is 43.2 Å². The van der Waals surface area contributed by atoms with Crippen molar-refractivity contribution in [2.75, 3.05) is 39.5 Å². The zero-order chi connectivity index (χ0) is 29.7. The number of amides is 2. The topological polar surface area (TPSA) is 121 Å². The first-order valence-corrected chi connectivity index (χ1v) is 14.8. The third kappa shape index (κ3) is 9.65. The van der Waals surface area contributed by atoms with Crippen LogP contribution in [0.4, 0.5) is 4.39 Å². The van der Waals surface area contributed by atoms with Crippen LogP contribution in [0.5, 0.6) is 5.75 Å². The van der Waals surface area contributed by atoms with Crippen molar-refractivity contribution in [1.82, 2.24) is 20.5 Å². The maximum Gasteiger partial charge on any atom is 0.305 e. The van der Waals surface area contributed by atoms with Crippen LogP contribution in [-0.4, -0.2) is 72.2 Å². The van der Waals surface area contributed by atoms with E-state index in [0.717, 1.165) is 49.9 Å². The van der Waals surface area contributed by atoms with E-state index in [1.807, 2.05) is 24.3 Å². The van der Waals surface area contributed by atoms with Gasteiger partial charge in [-0.1, -0.05) is 24.3 Å².